The average molecular weight is 355 g/mol. The number of halogens is 1. The molecule has 3 aromatic carbocycles. The Morgan fingerprint density at radius 1 is 0.680 bits per heavy atom. The number of para-hydroxylation sites is 2. The first-order valence-electron chi connectivity index (χ1n) is 7.94. The van der Waals surface area contributed by atoms with Gasteiger partial charge >= 0.3 is 0 Å². The van der Waals surface area contributed by atoms with Crippen molar-refractivity contribution in [3.63, 3.8) is 0 Å². The molecule has 0 saturated heterocycles. The Kier molecular flexibility index (Phi) is 5.31. The van der Waals surface area contributed by atoms with Gasteiger partial charge in [-0.15, -0.1) is 0 Å². The Morgan fingerprint density at radius 2 is 1.20 bits per heavy atom. The van der Waals surface area contributed by atoms with Crippen LogP contribution in [0.5, 0.6) is 11.5 Å². The third kappa shape index (κ3) is 4.37. The molecule has 0 aliphatic carbocycles. The summed E-state index contributed by atoms with van der Waals surface area (Å²) in [5, 5.41) is 27.0. The topological polar surface area (TPSA) is 64.5 Å². The summed E-state index contributed by atoms with van der Waals surface area (Å²) < 4.78 is 0. The highest BCUT2D eigenvalue weighted by molar-refractivity contribution is 6.31. The lowest BCUT2D eigenvalue weighted by atomic mass is 10.1. The second kappa shape index (κ2) is 7.81. The molecule has 25 heavy (non-hydrogen) atoms. The minimum Gasteiger partial charge on any atom is -0.508 e. The lowest BCUT2D eigenvalue weighted by Gasteiger charge is -2.15. The van der Waals surface area contributed by atoms with E-state index in [0.29, 0.717) is 18.1 Å². The van der Waals surface area contributed by atoms with Crippen molar-refractivity contribution >= 4 is 23.0 Å². The third-order valence-corrected chi connectivity index (χ3v) is 4.14. The third-order valence-electron chi connectivity index (χ3n) is 3.90. The van der Waals surface area contributed by atoms with Crippen LogP contribution in [0.1, 0.15) is 11.1 Å². The van der Waals surface area contributed by atoms with Crippen molar-refractivity contribution in [3.8, 4) is 11.5 Å². The van der Waals surface area contributed by atoms with Crippen molar-refractivity contribution in [1.29, 1.82) is 0 Å². The van der Waals surface area contributed by atoms with Gasteiger partial charge in [-0.25, -0.2) is 0 Å². The summed E-state index contributed by atoms with van der Waals surface area (Å²) in [7, 11) is 0. The van der Waals surface area contributed by atoms with Gasteiger partial charge in [0, 0.05) is 29.2 Å². The summed E-state index contributed by atoms with van der Waals surface area (Å²) in [5.74, 6) is 0.508. The SMILES string of the molecule is Oc1ccccc1CNc1ccc(Cl)cc1NCc1ccccc1O. The monoisotopic (exact) mass is 354 g/mol. The second-order valence-electron chi connectivity index (χ2n) is 5.65. The minimum absolute atomic E-state index is 0.251. The van der Waals surface area contributed by atoms with E-state index in [1.165, 1.54) is 0 Å². The summed E-state index contributed by atoms with van der Waals surface area (Å²) in [5.41, 5.74) is 3.30. The van der Waals surface area contributed by atoms with E-state index in [-0.39, 0.29) is 11.5 Å². The van der Waals surface area contributed by atoms with Crippen LogP contribution in [0.25, 0.3) is 0 Å². The van der Waals surface area contributed by atoms with Crippen LogP contribution < -0.4 is 10.6 Å². The van der Waals surface area contributed by atoms with Gasteiger partial charge in [0.1, 0.15) is 11.5 Å². The molecule has 0 aromatic heterocycles. The Hall–Kier alpha value is -2.85. The van der Waals surface area contributed by atoms with E-state index in [0.717, 1.165) is 22.5 Å². The van der Waals surface area contributed by atoms with Crippen LogP contribution in [-0.4, -0.2) is 10.2 Å². The van der Waals surface area contributed by atoms with Gasteiger partial charge in [-0.1, -0.05) is 48.0 Å². The summed E-state index contributed by atoms with van der Waals surface area (Å²) >= 11 is 6.12. The number of nitrogens with one attached hydrogen (secondary N) is 2. The van der Waals surface area contributed by atoms with Crippen molar-refractivity contribution in [2.45, 2.75) is 13.1 Å². The number of phenolic OH excluding ortho intramolecular Hbond substituents is 2. The van der Waals surface area contributed by atoms with E-state index >= 15 is 0 Å². The lowest BCUT2D eigenvalue weighted by molar-refractivity contribution is 0.468. The van der Waals surface area contributed by atoms with E-state index in [1.807, 2.05) is 36.4 Å². The Morgan fingerprint density at radius 3 is 1.76 bits per heavy atom. The van der Waals surface area contributed by atoms with Crippen molar-refractivity contribution in [2.24, 2.45) is 0 Å². The van der Waals surface area contributed by atoms with E-state index < -0.39 is 0 Å². The summed E-state index contributed by atoms with van der Waals surface area (Å²) in [6, 6.07) is 19.9. The van der Waals surface area contributed by atoms with Crippen LogP contribution in [0, 0.1) is 0 Å². The smallest absolute Gasteiger partial charge is 0.120 e. The zero-order chi connectivity index (χ0) is 17.6. The molecule has 0 saturated carbocycles. The van der Waals surface area contributed by atoms with Crippen molar-refractivity contribution in [3.05, 3.63) is 82.9 Å². The molecule has 0 radical (unpaired) electrons. The van der Waals surface area contributed by atoms with Gasteiger partial charge in [-0.3, -0.25) is 0 Å². The summed E-state index contributed by atoms with van der Waals surface area (Å²) in [4.78, 5) is 0. The molecular formula is C20H19ClN2O2. The molecule has 0 amide bonds. The van der Waals surface area contributed by atoms with E-state index in [4.69, 9.17) is 11.6 Å². The van der Waals surface area contributed by atoms with Crippen LogP contribution in [0.3, 0.4) is 0 Å². The molecule has 0 unspecified atom stereocenters. The normalized spacial score (nSPS) is 10.4. The van der Waals surface area contributed by atoms with Gasteiger partial charge in [0.2, 0.25) is 0 Å². The first-order valence-corrected chi connectivity index (χ1v) is 8.32. The average Bonchev–Trinajstić information content (AvgIpc) is 2.61. The quantitative estimate of drug-likeness (QED) is 0.504. The van der Waals surface area contributed by atoms with Crippen molar-refractivity contribution in [1.82, 2.24) is 0 Å². The first-order chi connectivity index (χ1) is 12.1. The van der Waals surface area contributed by atoms with Crippen molar-refractivity contribution in [2.75, 3.05) is 10.6 Å². The Labute approximate surface area is 151 Å². The highest BCUT2D eigenvalue weighted by atomic mass is 35.5. The largest absolute Gasteiger partial charge is 0.508 e. The fraction of sp³-hybridized carbons (Fsp3) is 0.100. The Bertz CT molecular complexity index is 868. The van der Waals surface area contributed by atoms with Crippen LogP contribution in [0.4, 0.5) is 11.4 Å². The van der Waals surface area contributed by atoms with Crippen LogP contribution >= 0.6 is 11.6 Å². The number of benzene rings is 3. The molecule has 0 bridgehead atoms. The van der Waals surface area contributed by atoms with E-state index in [9.17, 15) is 10.2 Å². The zero-order valence-corrected chi connectivity index (χ0v) is 14.3. The molecule has 0 aliphatic rings. The maximum Gasteiger partial charge on any atom is 0.120 e. The van der Waals surface area contributed by atoms with Crippen LogP contribution in [0.15, 0.2) is 66.7 Å². The van der Waals surface area contributed by atoms with Gasteiger partial charge in [0.05, 0.1) is 11.4 Å². The number of aromatic hydroxyl groups is 2. The molecule has 128 valence electrons. The highest BCUT2D eigenvalue weighted by Crippen LogP contribution is 2.28. The fourth-order valence-corrected chi connectivity index (χ4v) is 2.69. The second-order valence-corrected chi connectivity index (χ2v) is 6.09. The number of hydrogen-bond donors (Lipinski definition) is 4. The lowest BCUT2D eigenvalue weighted by Crippen LogP contribution is -2.06. The molecule has 0 fully saturated rings. The number of phenols is 2. The minimum atomic E-state index is 0.251. The molecule has 3 rings (SSSR count). The van der Waals surface area contributed by atoms with Gasteiger partial charge < -0.3 is 20.8 Å². The molecule has 4 nitrogen and oxygen atoms in total. The first kappa shape index (κ1) is 17.0. The maximum atomic E-state index is 9.89. The molecule has 5 heteroatoms. The Balaban J connectivity index is 1.74. The van der Waals surface area contributed by atoms with Crippen LogP contribution in [-0.2, 0) is 13.1 Å². The predicted molar refractivity (Wildman–Crippen MR) is 102 cm³/mol. The van der Waals surface area contributed by atoms with Gasteiger partial charge in [0.15, 0.2) is 0 Å². The number of hydrogen-bond acceptors (Lipinski definition) is 4. The molecule has 4 N–H and O–H groups in total. The molecule has 3 aromatic rings. The molecular weight excluding hydrogens is 336 g/mol. The van der Waals surface area contributed by atoms with E-state index in [1.54, 1.807) is 30.3 Å². The molecule has 0 atom stereocenters. The number of rotatable bonds is 6. The van der Waals surface area contributed by atoms with Gasteiger partial charge in [0.25, 0.3) is 0 Å². The van der Waals surface area contributed by atoms with Crippen molar-refractivity contribution < 1.29 is 10.2 Å². The summed E-state index contributed by atoms with van der Waals surface area (Å²) in [6.07, 6.45) is 0. The predicted octanol–water partition coefficient (Wildman–Crippen LogP) is 4.98. The molecule has 0 heterocycles. The maximum absolute atomic E-state index is 9.89. The zero-order valence-electron chi connectivity index (χ0n) is 13.5. The highest BCUT2D eigenvalue weighted by Gasteiger charge is 2.07. The number of anilines is 2. The van der Waals surface area contributed by atoms with Gasteiger partial charge in [-0.2, -0.15) is 0 Å². The molecule has 0 aliphatic heterocycles. The van der Waals surface area contributed by atoms with Gasteiger partial charge in [-0.05, 0) is 30.3 Å². The summed E-state index contributed by atoms with van der Waals surface area (Å²) in [6.45, 7) is 0.956. The molecule has 0 spiro atoms. The van der Waals surface area contributed by atoms with Crippen LogP contribution in [0.2, 0.25) is 5.02 Å². The standard InChI is InChI=1S/C20H19ClN2O2/c21-16-9-10-17(22-12-14-5-1-3-7-19(14)24)18(11-16)23-13-15-6-2-4-8-20(15)25/h1-11,22-25H,12-13H2. The fourth-order valence-electron chi connectivity index (χ4n) is 2.52. The van der Waals surface area contributed by atoms with E-state index in [2.05, 4.69) is 10.6 Å².